The van der Waals surface area contributed by atoms with Gasteiger partial charge >= 0.3 is 23.9 Å². The summed E-state index contributed by atoms with van der Waals surface area (Å²) in [5, 5.41) is 38.2. The zero-order chi connectivity index (χ0) is 18.0. The Morgan fingerprint density at radius 3 is 1.00 bits per heavy atom. The summed E-state index contributed by atoms with van der Waals surface area (Å²) in [6.07, 6.45) is -9.64. The first-order valence-corrected chi connectivity index (χ1v) is 6.35. The number of hydrogen-bond acceptors (Lipinski definition) is 14. The van der Waals surface area contributed by atoms with Crippen LogP contribution in [0.3, 0.4) is 0 Å². The van der Waals surface area contributed by atoms with Gasteiger partial charge in [-0.15, -0.1) is 0 Å². The van der Waals surface area contributed by atoms with Crippen LogP contribution in [0.5, 0.6) is 0 Å². The number of aliphatic hydroxyl groups is 4. The first kappa shape index (κ1) is 18.0. The maximum atomic E-state index is 11.5. The summed E-state index contributed by atoms with van der Waals surface area (Å²) in [6, 6.07) is 0. The van der Waals surface area contributed by atoms with Gasteiger partial charge in [0.2, 0.25) is 0 Å². The lowest BCUT2D eigenvalue weighted by molar-refractivity contribution is -0.371. The lowest BCUT2D eigenvalue weighted by atomic mass is 10.2. The lowest BCUT2D eigenvalue weighted by Gasteiger charge is -2.29. The number of rotatable bonds is 0. The molecule has 2 saturated heterocycles. The maximum Gasteiger partial charge on any atom is 0.360 e. The highest BCUT2D eigenvalue weighted by Crippen LogP contribution is 2.12. The minimum Gasteiger partial charge on any atom is -0.379 e. The second kappa shape index (κ2) is 7.04. The molecule has 0 aliphatic carbocycles. The largest absolute Gasteiger partial charge is 0.379 e. The number of fused-ring (bicyclic) bond motifs is 3. The third kappa shape index (κ3) is 3.75. The predicted molar refractivity (Wildman–Crippen MR) is 61.8 cm³/mol. The van der Waals surface area contributed by atoms with E-state index in [2.05, 4.69) is 19.4 Å². The highest BCUT2D eigenvalue weighted by Gasteiger charge is 2.42. The van der Waals surface area contributed by atoms with Gasteiger partial charge in [0.25, 0.3) is 0 Å². The number of carbonyl (C=O) groups is 4. The van der Waals surface area contributed by atoms with Gasteiger partial charge in [-0.05, 0) is 0 Å². The molecule has 2 aliphatic rings. The standard InChI is InChI=1S/C10H12N2O12/c13-3-5(15)9(19)23-12-2-1-11(21-7(3)17)22-8(18)4(14)6(16)10(20)24-12/h3-6,13-16H,1-2H2. The summed E-state index contributed by atoms with van der Waals surface area (Å²) < 4.78 is 0. The van der Waals surface area contributed by atoms with E-state index in [4.69, 9.17) is 0 Å². The van der Waals surface area contributed by atoms with Gasteiger partial charge in [0.05, 0.1) is 13.1 Å². The van der Waals surface area contributed by atoms with Crippen LogP contribution in [-0.4, -0.2) is 92.3 Å². The Balaban J connectivity index is 2.32. The molecular weight excluding hydrogens is 340 g/mol. The van der Waals surface area contributed by atoms with Crippen molar-refractivity contribution in [2.24, 2.45) is 0 Å². The van der Waals surface area contributed by atoms with Crippen LogP contribution in [0.25, 0.3) is 0 Å². The van der Waals surface area contributed by atoms with Gasteiger partial charge in [0.1, 0.15) is 0 Å². The third-order valence-electron chi connectivity index (χ3n) is 2.80. The lowest BCUT2D eigenvalue weighted by Crippen LogP contribution is -2.53. The predicted octanol–water partition coefficient (Wildman–Crippen LogP) is -5.11. The maximum absolute atomic E-state index is 11.5. The van der Waals surface area contributed by atoms with Crippen LogP contribution in [0, 0.1) is 0 Å². The molecule has 14 nitrogen and oxygen atoms in total. The highest BCUT2D eigenvalue weighted by molar-refractivity contribution is 5.86. The Labute approximate surface area is 132 Å². The molecule has 2 aliphatic heterocycles. The molecule has 0 saturated carbocycles. The normalized spacial score (nSPS) is 38.5. The van der Waals surface area contributed by atoms with E-state index in [9.17, 15) is 39.6 Å². The van der Waals surface area contributed by atoms with Gasteiger partial charge in [-0.2, -0.15) is 0 Å². The van der Waals surface area contributed by atoms with E-state index in [1.54, 1.807) is 0 Å². The second-order valence-corrected chi connectivity index (χ2v) is 4.53. The quantitative estimate of drug-likeness (QED) is 0.323. The molecule has 14 heteroatoms. The number of aliphatic hydroxyl groups excluding tert-OH is 4. The monoisotopic (exact) mass is 352 g/mol. The number of hydroxylamine groups is 4. The molecule has 2 bridgehead atoms. The summed E-state index contributed by atoms with van der Waals surface area (Å²) in [7, 11) is 0. The van der Waals surface area contributed by atoms with Gasteiger partial charge in [-0.3, -0.25) is 0 Å². The van der Waals surface area contributed by atoms with Crippen molar-refractivity contribution >= 4 is 23.9 Å². The van der Waals surface area contributed by atoms with E-state index in [1.165, 1.54) is 0 Å². The molecule has 4 N–H and O–H groups in total. The van der Waals surface area contributed by atoms with E-state index in [0.717, 1.165) is 0 Å². The first-order valence-electron chi connectivity index (χ1n) is 6.35. The Bertz CT molecular complexity index is 460. The van der Waals surface area contributed by atoms with Crippen LogP contribution in [0.2, 0.25) is 0 Å². The van der Waals surface area contributed by atoms with Crippen molar-refractivity contribution in [1.29, 1.82) is 0 Å². The van der Waals surface area contributed by atoms with E-state index in [-0.39, 0.29) is 10.5 Å². The summed E-state index contributed by atoms with van der Waals surface area (Å²) in [5.41, 5.74) is 0. The van der Waals surface area contributed by atoms with Crippen molar-refractivity contribution in [1.82, 2.24) is 10.5 Å². The summed E-state index contributed by atoms with van der Waals surface area (Å²) in [5.74, 6) is -6.32. The first-order chi connectivity index (χ1) is 11.2. The molecule has 0 radical (unpaired) electrons. The molecule has 2 rings (SSSR count). The molecule has 4 atom stereocenters. The molecule has 134 valence electrons. The molecule has 4 unspecified atom stereocenters. The minimum atomic E-state index is -2.41. The van der Waals surface area contributed by atoms with Crippen molar-refractivity contribution < 1.29 is 59.0 Å². The Morgan fingerprint density at radius 2 is 0.792 bits per heavy atom. The molecule has 0 aromatic rings. The number of hydrogen-bond donors (Lipinski definition) is 4. The average molecular weight is 352 g/mol. The van der Waals surface area contributed by atoms with Crippen LogP contribution in [-0.2, 0) is 38.5 Å². The fourth-order valence-corrected chi connectivity index (χ4v) is 1.52. The van der Waals surface area contributed by atoms with E-state index < -0.39 is 61.4 Å². The molecule has 2 fully saturated rings. The van der Waals surface area contributed by atoms with Crippen molar-refractivity contribution in [2.45, 2.75) is 24.4 Å². The van der Waals surface area contributed by atoms with E-state index >= 15 is 0 Å². The summed E-state index contributed by atoms with van der Waals surface area (Å²) in [4.78, 5) is 63.9. The third-order valence-corrected chi connectivity index (χ3v) is 2.80. The van der Waals surface area contributed by atoms with Crippen LogP contribution in [0.4, 0.5) is 0 Å². The van der Waals surface area contributed by atoms with Crippen LogP contribution in [0.1, 0.15) is 0 Å². The van der Waals surface area contributed by atoms with Crippen molar-refractivity contribution in [3.8, 4) is 0 Å². The van der Waals surface area contributed by atoms with Crippen LogP contribution >= 0.6 is 0 Å². The second-order valence-electron chi connectivity index (χ2n) is 4.53. The fraction of sp³-hybridized carbons (Fsp3) is 0.600. The molecule has 0 amide bonds. The Kier molecular flexibility index (Phi) is 5.27. The SMILES string of the molecule is O=C1ON2CCN(OC(=O)C(O)C1O)OC(=O)C(O)C(O)C(=O)O2. The van der Waals surface area contributed by atoms with Gasteiger partial charge in [-0.1, -0.05) is 0 Å². The molecular formula is C10H12N2O12. The topological polar surface area (TPSA) is 193 Å². The Hall–Kier alpha value is -2.36. The van der Waals surface area contributed by atoms with Crippen molar-refractivity contribution in [2.75, 3.05) is 13.1 Å². The van der Waals surface area contributed by atoms with Crippen molar-refractivity contribution in [3.05, 3.63) is 0 Å². The zero-order valence-corrected chi connectivity index (χ0v) is 11.7. The fourth-order valence-electron chi connectivity index (χ4n) is 1.52. The highest BCUT2D eigenvalue weighted by atomic mass is 17.0. The van der Waals surface area contributed by atoms with Crippen LogP contribution in [0.15, 0.2) is 0 Å². The number of carbonyl (C=O) groups excluding carboxylic acids is 4. The van der Waals surface area contributed by atoms with Gasteiger partial charge in [0.15, 0.2) is 24.4 Å². The van der Waals surface area contributed by atoms with E-state index in [0.29, 0.717) is 0 Å². The van der Waals surface area contributed by atoms with Gasteiger partial charge in [0, 0.05) is 10.5 Å². The van der Waals surface area contributed by atoms with Crippen LogP contribution < -0.4 is 0 Å². The molecule has 0 spiro atoms. The average Bonchev–Trinajstić information content (AvgIpc) is 2.54. The van der Waals surface area contributed by atoms with Gasteiger partial charge in [-0.25, -0.2) is 19.2 Å². The minimum absolute atomic E-state index is 0.169. The molecule has 24 heavy (non-hydrogen) atoms. The molecule has 0 aromatic carbocycles. The van der Waals surface area contributed by atoms with Gasteiger partial charge < -0.3 is 39.8 Å². The van der Waals surface area contributed by atoms with Crippen molar-refractivity contribution in [3.63, 3.8) is 0 Å². The summed E-state index contributed by atoms with van der Waals surface area (Å²) >= 11 is 0. The Morgan fingerprint density at radius 1 is 0.583 bits per heavy atom. The van der Waals surface area contributed by atoms with E-state index in [1.807, 2.05) is 0 Å². The number of nitrogens with zero attached hydrogens (tertiary/aromatic N) is 2. The smallest absolute Gasteiger partial charge is 0.360 e. The molecule has 2 heterocycles. The molecule has 0 aromatic heterocycles. The summed E-state index contributed by atoms with van der Waals surface area (Å²) in [6.45, 7) is -1.13. The zero-order valence-electron chi connectivity index (χ0n) is 11.7.